The summed E-state index contributed by atoms with van der Waals surface area (Å²) >= 11 is 3.59. The fraction of sp³-hybridized carbons (Fsp3) is 0.238. The molecule has 1 aromatic carbocycles. The number of thioether (sulfide) groups is 1. The molecular weight excluding hydrogens is 497 g/mol. The molecule has 150 valence electrons. The van der Waals surface area contributed by atoms with E-state index in [1.54, 1.807) is 6.21 Å². The number of aryl methyl sites for hydroxylation is 3. The number of carbonyl (C=O) groups excluding carboxylic acids is 1. The van der Waals surface area contributed by atoms with Gasteiger partial charge in [0.15, 0.2) is 5.16 Å². The minimum atomic E-state index is -0.194. The van der Waals surface area contributed by atoms with Crippen LogP contribution in [0.4, 0.5) is 0 Å². The minimum Gasteiger partial charge on any atom is -0.318 e. The van der Waals surface area contributed by atoms with Crippen LogP contribution in [0.15, 0.2) is 46.7 Å². The molecule has 29 heavy (non-hydrogen) atoms. The van der Waals surface area contributed by atoms with Crippen LogP contribution in [0.2, 0.25) is 0 Å². The Hall–Kier alpha value is -2.20. The molecule has 0 saturated carbocycles. The normalized spacial score (nSPS) is 11.2. The number of amides is 1. The monoisotopic (exact) mass is 519 g/mol. The van der Waals surface area contributed by atoms with Gasteiger partial charge in [0.1, 0.15) is 0 Å². The van der Waals surface area contributed by atoms with Crippen molar-refractivity contribution in [2.24, 2.45) is 5.10 Å². The van der Waals surface area contributed by atoms with E-state index in [0.717, 1.165) is 34.0 Å². The number of halogens is 1. The number of hydrogen-bond acceptors (Lipinski definition) is 5. The average Bonchev–Trinajstić information content (AvgIpc) is 2.94. The number of benzene rings is 1. The molecule has 0 aliphatic heterocycles. The first-order chi connectivity index (χ1) is 13.8. The van der Waals surface area contributed by atoms with Gasteiger partial charge in [0.05, 0.1) is 12.0 Å². The van der Waals surface area contributed by atoms with Crippen LogP contribution < -0.4 is 5.43 Å². The molecule has 0 radical (unpaired) electrons. The number of rotatable bonds is 6. The molecular formula is C21H22IN5OS. The molecule has 0 saturated heterocycles. The molecule has 0 aliphatic rings. The number of aromatic nitrogens is 3. The Bertz CT molecular complexity index is 1040. The van der Waals surface area contributed by atoms with E-state index in [0.29, 0.717) is 5.16 Å². The van der Waals surface area contributed by atoms with Gasteiger partial charge in [0, 0.05) is 37.6 Å². The van der Waals surface area contributed by atoms with Crippen molar-refractivity contribution in [3.63, 3.8) is 0 Å². The van der Waals surface area contributed by atoms with Crippen molar-refractivity contribution in [2.75, 3.05) is 5.75 Å². The second-order valence-corrected chi connectivity index (χ2v) is 8.84. The van der Waals surface area contributed by atoms with Gasteiger partial charge in [-0.25, -0.2) is 15.4 Å². The van der Waals surface area contributed by atoms with Gasteiger partial charge >= 0.3 is 0 Å². The van der Waals surface area contributed by atoms with E-state index in [2.05, 4.69) is 84.9 Å². The first kappa shape index (κ1) is 21.5. The topological polar surface area (TPSA) is 72.2 Å². The Morgan fingerprint density at radius 3 is 2.45 bits per heavy atom. The number of nitrogens with one attached hydrogen (secondary N) is 1. The van der Waals surface area contributed by atoms with E-state index in [1.165, 1.54) is 15.3 Å². The molecule has 6 nitrogen and oxygen atoms in total. The minimum absolute atomic E-state index is 0.194. The van der Waals surface area contributed by atoms with Gasteiger partial charge in [0.2, 0.25) is 0 Å². The molecule has 0 fully saturated rings. The molecule has 3 aromatic rings. The summed E-state index contributed by atoms with van der Waals surface area (Å²) in [6.45, 7) is 7.92. The fourth-order valence-corrected chi connectivity index (χ4v) is 4.10. The molecule has 3 rings (SSSR count). The van der Waals surface area contributed by atoms with E-state index in [-0.39, 0.29) is 11.7 Å². The third-order valence-electron chi connectivity index (χ3n) is 4.24. The van der Waals surface area contributed by atoms with Crippen molar-refractivity contribution in [1.29, 1.82) is 0 Å². The van der Waals surface area contributed by atoms with Crippen LogP contribution in [-0.4, -0.2) is 32.4 Å². The summed E-state index contributed by atoms with van der Waals surface area (Å²) in [4.78, 5) is 20.7. The maximum atomic E-state index is 12.1. The molecule has 1 amide bonds. The van der Waals surface area contributed by atoms with Crippen molar-refractivity contribution < 1.29 is 4.79 Å². The zero-order chi connectivity index (χ0) is 21.0. The molecule has 1 N–H and O–H groups in total. The van der Waals surface area contributed by atoms with Crippen molar-refractivity contribution in [2.45, 2.75) is 32.9 Å². The molecule has 8 heteroatoms. The largest absolute Gasteiger partial charge is 0.318 e. The van der Waals surface area contributed by atoms with E-state index in [9.17, 15) is 4.79 Å². The van der Waals surface area contributed by atoms with Gasteiger partial charge in [-0.3, -0.25) is 4.79 Å². The first-order valence-electron chi connectivity index (χ1n) is 9.05. The highest BCUT2D eigenvalue weighted by atomic mass is 127. The highest BCUT2D eigenvalue weighted by molar-refractivity contribution is 14.1. The second kappa shape index (κ2) is 9.53. The van der Waals surface area contributed by atoms with Crippen LogP contribution in [0.3, 0.4) is 0 Å². The Morgan fingerprint density at radius 2 is 1.79 bits per heavy atom. The highest BCUT2D eigenvalue weighted by Crippen LogP contribution is 2.20. The number of hydrazone groups is 1. The summed E-state index contributed by atoms with van der Waals surface area (Å²) in [5.74, 6) is 0.0162. The van der Waals surface area contributed by atoms with E-state index in [4.69, 9.17) is 0 Å². The molecule has 0 unspecified atom stereocenters. The highest BCUT2D eigenvalue weighted by Gasteiger charge is 2.10. The molecule has 2 aromatic heterocycles. The van der Waals surface area contributed by atoms with E-state index >= 15 is 0 Å². The van der Waals surface area contributed by atoms with Crippen LogP contribution in [0.1, 0.15) is 28.3 Å². The molecule has 2 heterocycles. The predicted molar refractivity (Wildman–Crippen MR) is 126 cm³/mol. The van der Waals surface area contributed by atoms with Gasteiger partial charge in [0.25, 0.3) is 5.91 Å². The second-order valence-electron chi connectivity index (χ2n) is 6.65. The van der Waals surface area contributed by atoms with Crippen LogP contribution in [0, 0.1) is 31.3 Å². The lowest BCUT2D eigenvalue weighted by molar-refractivity contribution is -0.118. The standard InChI is InChI=1S/C21H22IN5OS/c1-13-9-14(2)25-21(24-13)29-12-20(28)26-23-11-17-10-15(3)27(16(17)4)19-7-5-18(22)6-8-19/h5-11H,12H2,1-4H3,(H,26,28)/b23-11+. The zero-order valence-electron chi connectivity index (χ0n) is 16.7. The van der Waals surface area contributed by atoms with Crippen LogP contribution in [0.5, 0.6) is 0 Å². The summed E-state index contributed by atoms with van der Waals surface area (Å²) in [7, 11) is 0. The maximum Gasteiger partial charge on any atom is 0.250 e. The number of hydrogen-bond donors (Lipinski definition) is 1. The molecule has 0 atom stereocenters. The summed E-state index contributed by atoms with van der Waals surface area (Å²) in [6.07, 6.45) is 1.68. The summed E-state index contributed by atoms with van der Waals surface area (Å²) < 4.78 is 3.37. The lowest BCUT2D eigenvalue weighted by atomic mass is 10.2. The Kier molecular flexibility index (Phi) is 7.07. The molecule has 0 spiro atoms. The van der Waals surface area contributed by atoms with E-state index < -0.39 is 0 Å². The molecule has 0 aliphatic carbocycles. The average molecular weight is 519 g/mol. The maximum absolute atomic E-state index is 12.1. The lowest BCUT2D eigenvalue weighted by Gasteiger charge is -2.09. The Balaban J connectivity index is 1.62. The van der Waals surface area contributed by atoms with E-state index in [1.807, 2.05) is 26.8 Å². The van der Waals surface area contributed by atoms with Crippen molar-refractivity contribution >= 4 is 46.5 Å². The predicted octanol–water partition coefficient (Wildman–Crippen LogP) is 4.35. The SMILES string of the molecule is Cc1cc(C)nc(SCC(=O)N/N=C/c2cc(C)n(-c3ccc(I)cc3)c2C)n1. The third kappa shape index (κ3) is 5.66. The summed E-state index contributed by atoms with van der Waals surface area (Å²) in [5, 5.41) is 4.72. The quantitative estimate of drug-likeness (QED) is 0.173. The smallest absolute Gasteiger partial charge is 0.250 e. The van der Waals surface area contributed by atoms with Crippen molar-refractivity contribution in [1.82, 2.24) is 20.0 Å². The first-order valence-corrected chi connectivity index (χ1v) is 11.1. The molecule has 0 bridgehead atoms. The van der Waals surface area contributed by atoms with Crippen molar-refractivity contribution in [3.8, 4) is 5.69 Å². The van der Waals surface area contributed by atoms with Crippen LogP contribution >= 0.6 is 34.4 Å². The van der Waals surface area contributed by atoms with Gasteiger partial charge in [-0.2, -0.15) is 5.10 Å². The van der Waals surface area contributed by atoms with Crippen LogP contribution in [-0.2, 0) is 4.79 Å². The number of carbonyl (C=O) groups is 1. The summed E-state index contributed by atoms with van der Waals surface area (Å²) in [5.41, 5.74) is 8.61. The third-order valence-corrected chi connectivity index (χ3v) is 5.81. The fourth-order valence-electron chi connectivity index (χ4n) is 3.00. The van der Waals surface area contributed by atoms with Gasteiger partial charge in [-0.1, -0.05) is 11.8 Å². The Morgan fingerprint density at radius 1 is 1.14 bits per heavy atom. The van der Waals surface area contributed by atoms with Crippen molar-refractivity contribution in [3.05, 3.63) is 68.3 Å². The van der Waals surface area contributed by atoms with Crippen LogP contribution in [0.25, 0.3) is 5.69 Å². The Labute approximate surface area is 188 Å². The van der Waals surface area contributed by atoms with Gasteiger partial charge in [-0.15, -0.1) is 0 Å². The van der Waals surface area contributed by atoms with Gasteiger partial charge < -0.3 is 4.57 Å². The lowest BCUT2D eigenvalue weighted by Crippen LogP contribution is -2.19. The van der Waals surface area contributed by atoms with Gasteiger partial charge in [-0.05, 0) is 86.7 Å². The zero-order valence-corrected chi connectivity index (χ0v) is 19.7. The summed E-state index contributed by atoms with van der Waals surface area (Å²) in [6, 6.07) is 12.3. The number of nitrogens with zero attached hydrogens (tertiary/aromatic N) is 4.